The molecule has 0 aliphatic rings. The fourth-order valence-corrected chi connectivity index (χ4v) is 1.69. The van der Waals surface area contributed by atoms with Gasteiger partial charge in [-0.3, -0.25) is 10.1 Å². The molecular formula is C10H10ClNO3. The Morgan fingerprint density at radius 1 is 1.47 bits per heavy atom. The van der Waals surface area contributed by atoms with Crippen LogP contribution in [0.3, 0.4) is 0 Å². The van der Waals surface area contributed by atoms with Crippen molar-refractivity contribution in [3.05, 3.63) is 45.0 Å². The van der Waals surface area contributed by atoms with Crippen LogP contribution in [0.25, 0.3) is 0 Å². The third-order valence-electron chi connectivity index (χ3n) is 2.10. The van der Waals surface area contributed by atoms with Crippen LogP contribution >= 0.6 is 11.6 Å². The summed E-state index contributed by atoms with van der Waals surface area (Å²) in [5.41, 5.74) is 0.656. The van der Waals surface area contributed by atoms with E-state index in [1.54, 1.807) is 24.3 Å². The van der Waals surface area contributed by atoms with E-state index in [1.807, 2.05) is 0 Å². The van der Waals surface area contributed by atoms with E-state index < -0.39 is 10.8 Å². The summed E-state index contributed by atoms with van der Waals surface area (Å²) in [6, 6.07) is 6.86. The lowest BCUT2D eigenvalue weighted by Gasteiger charge is -2.11. The maximum Gasteiger partial charge on any atom is 0.211 e. The minimum atomic E-state index is -0.439. The van der Waals surface area contributed by atoms with Crippen molar-refractivity contribution in [1.82, 2.24) is 0 Å². The molecule has 1 rings (SSSR count). The maximum atomic E-state index is 10.4. The Hall–Kier alpha value is -1.42. The lowest BCUT2D eigenvalue weighted by molar-refractivity contribution is -0.483. The van der Waals surface area contributed by atoms with Gasteiger partial charge in [-0.15, -0.1) is 0 Å². The molecule has 0 saturated heterocycles. The second-order valence-electron chi connectivity index (χ2n) is 3.14. The molecule has 1 atom stereocenters. The van der Waals surface area contributed by atoms with E-state index in [0.717, 1.165) is 0 Å². The minimum Gasteiger partial charge on any atom is -0.303 e. The van der Waals surface area contributed by atoms with E-state index in [9.17, 15) is 14.9 Å². The molecule has 0 amide bonds. The zero-order valence-corrected chi connectivity index (χ0v) is 8.68. The highest BCUT2D eigenvalue weighted by molar-refractivity contribution is 6.31. The number of nitro groups is 1. The quantitative estimate of drug-likeness (QED) is 0.441. The fraction of sp³-hybridized carbons (Fsp3) is 0.300. The Balaban J connectivity index is 2.92. The number of halogens is 1. The van der Waals surface area contributed by atoms with Crippen molar-refractivity contribution in [1.29, 1.82) is 0 Å². The van der Waals surface area contributed by atoms with E-state index >= 15 is 0 Å². The molecule has 1 aromatic rings. The monoisotopic (exact) mass is 227 g/mol. The van der Waals surface area contributed by atoms with Gasteiger partial charge in [0, 0.05) is 16.4 Å². The first-order valence-electron chi connectivity index (χ1n) is 4.45. The van der Waals surface area contributed by atoms with Crippen LogP contribution in [0.15, 0.2) is 24.3 Å². The molecule has 5 heteroatoms. The normalized spacial score (nSPS) is 12.1. The van der Waals surface area contributed by atoms with E-state index in [-0.39, 0.29) is 13.0 Å². The van der Waals surface area contributed by atoms with Gasteiger partial charge in [0.1, 0.15) is 6.29 Å². The lowest BCUT2D eigenvalue weighted by atomic mass is 9.96. The molecule has 0 bridgehead atoms. The van der Waals surface area contributed by atoms with Crippen LogP contribution < -0.4 is 0 Å². The van der Waals surface area contributed by atoms with Gasteiger partial charge in [0.2, 0.25) is 6.54 Å². The van der Waals surface area contributed by atoms with Crippen molar-refractivity contribution in [3.63, 3.8) is 0 Å². The number of aldehydes is 1. The Labute approximate surface area is 92.0 Å². The topological polar surface area (TPSA) is 60.2 Å². The Morgan fingerprint density at radius 3 is 2.67 bits per heavy atom. The van der Waals surface area contributed by atoms with Crippen LogP contribution in [0.2, 0.25) is 5.02 Å². The molecule has 80 valence electrons. The minimum absolute atomic E-state index is 0.116. The number of hydrogen-bond donors (Lipinski definition) is 0. The third-order valence-corrected chi connectivity index (χ3v) is 2.44. The van der Waals surface area contributed by atoms with Crippen molar-refractivity contribution in [2.24, 2.45) is 0 Å². The van der Waals surface area contributed by atoms with Crippen molar-refractivity contribution in [3.8, 4) is 0 Å². The maximum absolute atomic E-state index is 10.4. The van der Waals surface area contributed by atoms with Crippen molar-refractivity contribution in [2.75, 3.05) is 6.54 Å². The summed E-state index contributed by atoms with van der Waals surface area (Å²) in [5.74, 6) is -0.439. The number of carbonyl (C=O) groups excluding carboxylic acids is 1. The first-order chi connectivity index (χ1) is 7.15. The standard InChI is InChI=1S/C10H10ClNO3/c11-10-4-2-1-3-9(10)8(5-6-13)7-12(14)15/h1-4,6,8H,5,7H2. The highest BCUT2D eigenvalue weighted by atomic mass is 35.5. The van der Waals surface area contributed by atoms with Gasteiger partial charge in [-0.05, 0) is 11.6 Å². The summed E-state index contributed by atoms with van der Waals surface area (Å²) in [4.78, 5) is 20.4. The first-order valence-corrected chi connectivity index (χ1v) is 4.82. The van der Waals surface area contributed by atoms with Gasteiger partial charge < -0.3 is 4.79 Å². The molecule has 0 aromatic heterocycles. The van der Waals surface area contributed by atoms with Gasteiger partial charge in [-0.2, -0.15) is 0 Å². The molecule has 0 saturated carbocycles. The highest BCUT2D eigenvalue weighted by Crippen LogP contribution is 2.26. The molecule has 0 radical (unpaired) electrons. The van der Waals surface area contributed by atoms with Crippen LogP contribution in [-0.2, 0) is 4.79 Å². The summed E-state index contributed by atoms with van der Waals surface area (Å²) in [5, 5.41) is 10.9. The predicted octanol–water partition coefficient (Wildman–Crippen LogP) is 2.29. The summed E-state index contributed by atoms with van der Waals surface area (Å²) in [6.45, 7) is -0.275. The molecule has 0 aliphatic heterocycles. The molecule has 4 nitrogen and oxygen atoms in total. The molecule has 0 aliphatic carbocycles. The Kier molecular flexibility index (Phi) is 4.24. The number of benzene rings is 1. The van der Waals surface area contributed by atoms with Gasteiger partial charge in [0.25, 0.3) is 0 Å². The van der Waals surface area contributed by atoms with Gasteiger partial charge in [0.05, 0.1) is 5.92 Å². The van der Waals surface area contributed by atoms with Crippen molar-refractivity contribution >= 4 is 17.9 Å². The zero-order chi connectivity index (χ0) is 11.3. The van der Waals surface area contributed by atoms with Crippen molar-refractivity contribution in [2.45, 2.75) is 12.3 Å². The smallest absolute Gasteiger partial charge is 0.211 e. The Morgan fingerprint density at radius 2 is 2.13 bits per heavy atom. The summed E-state index contributed by atoms with van der Waals surface area (Å²) in [6.07, 6.45) is 0.794. The molecule has 0 fully saturated rings. The summed E-state index contributed by atoms with van der Waals surface area (Å²) < 4.78 is 0. The average molecular weight is 228 g/mol. The van der Waals surface area contributed by atoms with Crippen LogP contribution in [-0.4, -0.2) is 17.8 Å². The van der Waals surface area contributed by atoms with Crippen LogP contribution in [0.1, 0.15) is 17.9 Å². The molecule has 0 N–H and O–H groups in total. The average Bonchev–Trinajstić information content (AvgIpc) is 2.17. The number of rotatable bonds is 5. The van der Waals surface area contributed by atoms with Gasteiger partial charge in [0.15, 0.2) is 0 Å². The van der Waals surface area contributed by atoms with E-state index in [1.165, 1.54) is 0 Å². The number of carbonyl (C=O) groups is 1. The second-order valence-corrected chi connectivity index (χ2v) is 3.54. The molecule has 0 heterocycles. The Bertz CT molecular complexity index is 367. The first kappa shape index (κ1) is 11.7. The third kappa shape index (κ3) is 3.32. The number of hydrogen-bond acceptors (Lipinski definition) is 3. The van der Waals surface area contributed by atoms with Crippen LogP contribution in [0.4, 0.5) is 0 Å². The van der Waals surface area contributed by atoms with Gasteiger partial charge >= 0.3 is 0 Å². The zero-order valence-electron chi connectivity index (χ0n) is 7.93. The SMILES string of the molecule is O=CCC(C[N+](=O)[O-])c1ccccc1Cl. The fourth-order valence-electron chi connectivity index (χ4n) is 1.40. The van der Waals surface area contributed by atoms with Gasteiger partial charge in [-0.25, -0.2) is 0 Å². The van der Waals surface area contributed by atoms with Crippen molar-refractivity contribution < 1.29 is 9.72 Å². The summed E-state index contributed by atoms with van der Waals surface area (Å²) in [7, 11) is 0. The van der Waals surface area contributed by atoms with Crippen LogP contribution in [0.5, 0.6) is 0 Å². The predicted molar refractivity (Wildman–Crippen MR) is 56.7 cm³/mol. The molecular weight excluding hydrogens is 218 g/mol. The second kappa shape index (κ2) is 5.46. The largest absolute Gasteiger partial charge is 0.303 e. The van der Waals surface area contributed by atoms with E-state index in [4.69, 9.17) is 11.6 Å². The molecule has 0 spiro atoms. The summed E-state index contributed by atoms with van der Waals surface area (Å²) >= 11 is 5.90. The lowest BCUT2D eigenvalue weighted by Crippen LogP contribution is -2.13. The van der Waals surface area contributed by atoms with E-state index in [2.05, 4.69) is 0 Å². The number of nitrogens with zero attached hydrogens (tertiary/aromatic N) is 1. The van der Waals surface area contributed by atoms with Gasteiger partial charge in [-0.1, -0.05) is 29.8 Å². The molecule has 1 aromatic carbocycles. The molecule has 1 unspecified atom stereocenters. The highest BCUT2D eigenvalue weighted by Gasteiger charge is 2.19. The molecule has 15 heavy (non-hydrogen) atoms. The van der Waals surface area contributed by atoms with Crippen LogP contribution in [0, 0.1) is 10.1 Å². The van der Waals surface area contributed by atoms with E-state index in [0.29, 0.717) is 16.9 Å².